The normalized spacial score (nSPS) is 20.2. The Balaban J connectivity index is 1.39. The predicted octanol–water partition coefficient (Wildman–Crippen LogP) is 4.01. The van der Waals surface area contributed by atoms with Crippen LogP contribution in [0.4, 0.5) is 11.6 Å². The first-order valence-electron chi connectivity index (χ1n) is 10.8. The Kier molecular flexibility index (Phi) is 4.85. The predicted molar refractivity (Wildman–Crippen MR) is 122 cm³/mol. The van der Waals surface area contributed by atoms with Crippen molar-refractivity contribution in [2.24, 2.45) is 0 Å². The molecule has 1 amide bonds. The van der Waals surface area contributed by atoms with E-state index < -0.39 is 0 Å². The highest BCUT2D eigenvalue weighted by Gasteiger charge is 2.34. The zero-order valence-electron chi connectivity index (χ0n) is 17.8. The molecular weight excluding hydrogens is 388 g/mol. The second-order valence-corrected chi connectivity index (χ2v) is 8.58. The van der Waals surface area contributed by atoms with Gasteiger partial charge in [0.1, 0.15) is 0 Å². The molecule has 1 aliphatic heterocycles. The molecule has 0 bridgehead atoms. The number of H-pyrrole nitrogens is 1. The number of nitrogens with zero attached hydrogens (tertiary/aromatic N) is 2. The molecule has 2 atom stereocenters. The Labute approximate surface area is 181 Å². The summed E-state index contributed by atoms with van der Waals surface area (Å²) in [5.41, 5.74) is 6.27. The van der Waals surface area contributed by atoms with Gasteiger partial charge in [-0.1, -0.05) is 36.4 Å². The monoisotopic (exact) mass is 414 g/mol. The minimum absolute atomic E-state index is 0.0695. The largest absolute Gasteiger partial charge is 0.349 e. The first-order valence-corrected chi connectivity index (χ1v) is 10.8. The Hall–Kier alpha value is -3.41. The highest BCUT2D eigenvalue weighted by molar-refractivity contribution is 5.97. The minimum Gasteiger partial charge on any atom is -0.349 e. The molecule has 5 rings (SSSR count). The zero-order chi connectivity index (χ0) is 21.5. The number of carbonyl (C=O) groups excluding carboxylic acids is 1. The van der Waals surface area contributed by atoms with Crippen LogP contribution in [0.15, 0.2) is 53.3 Å². The highest BCUT2D eigenvalue weighted by atomic mass is 16.2. The third kappa shape index (κ3) is 3.63. The number of nitrogens with one attached hydrogen (secondary N) is 2. The molecule has 0 radical (unpaired) electrons. The van der Waals surface area contributed by atoms with E-state index in [9.17, 15) is 9.59 Å². The van der Waals surface area contributed by atoms with Crippen molar-refractivity contribution < 1.29 is 4.79 Å². The lowest BCUT2D eigenvalue weighted by atomic mass is 10.0. The first-order chi connectivity index (χ1) is 15.0. The summed E-state index contributed by atoms with van der Waals surface area (Å²) in [7, 11) is 0. The third-order valence-corrected chi connectivity index (χ3v) is 6.62. The molecule has 2 aromatic carbocycles. The van der Waals surface area contributed by atoms with Gasteiger partial charge in [0.25, 0.3) is 5.56 Å². The van der Waals surface area contributed by atoms with Crippen LogP contribution < -0.4 is 15.8 Å². The molecular formula is C25H26N4O2. The number of anilines is 2. The van der Waals surface area contributed by atoms with Crippen LogP contribution in [0.1, 0.15) is 52.7 Å². The summed E-state index contributed by atoms with van der Waals surface area (Å²) in [4.78, 5) is 34.6. The molecule has 0 saturated carbocycles. The summed E-state index contributed by atoms with van der Waals surface area (Å²) in [6.07, 6.45) is 2.34. The van der Waals surface area contributed by atoms with Crippen LogP contribution in [-0.4, -0.2) is 22.4 Å². The van der Waals surface area contributed by atoms with Gasteiger partial charge >= 0.3 is 0 Å². The number of amides is 1. The van der Waals surface area contributed by atoms with Gasteiger partial charge in [-0.2, -0.15) is 0 Å². The van der Waals surface area contributed by atoms with Crippen LogP contribution in [0.25, 0.3) is 0 Å². The van der Waals surface area contributed by atoms with Crippen molar-refractivity contribution in [3.8, 4) is 0 Å². The fourth-order valence-corrected chi connectivity index (χ4v) is 4.79. The zero-order valence-corrected chi connectivity index (χ0v) is 17.8. The van der Waals surface area contributed by atoms with E-state index in [4.69, 9.17) is 4.98 Å². The van der Waals surface area contributed by atoms with Gasteiger partial charge in [-0.05, 0) is 55.0 Å². The van der Waals surface area contributed by atoms with E-state index in [-0.39, 0.29) is 23.4 Å². The summed E-state index contributed by atoms with van der Waals surface area (Å²) in [5.74, 6) is 0.438. The average molecular weight is 415 g/mol. The lowest BCUT2D eigenvalue weighted by Gasteiger charge is -2.20. The maximum atomic E-state index is 12.8. The SMILES string of the molecule is Cc1cccc(N2C[C@@H](c3cc(=O)[nH]c(N[C@H]4CCc5ccccc54)n3)CC2=O)c1C. The smallest absolute Gasteiger partial charge is 0.252 e. The van der Waals surface area contributed by atoms with Crippen molar-refractivity contribution in [1.82, 2.24) is 9.97 Å². The standard InChI is InChI=1S/C25H26N4O2/c1-15-6-5-9-22(16(15)2)29-14-18(12-24(29)31)21-13-23(30)28-25(27-21)26-20-11-10-17-7-3-4-8-19(17)20/h3-9,13,18,20H,10-12,14H2,1-2H3,(H2,26,27,28,30)/t18-,20-/m0/s1. The number of fused-ring (bicyclic) bond motifs is 1. The van der Waals surface area contributed by atoms with Crippen molar-refractivity contribution in [3.63, 3.8) is 0 Å². The molecule has 6 heteroatoms. The van der Waals surface area contributed by atoms with Gasteiger partial charge in [0.15, 0.2) is 0 Å². The summed E-state index contributed by atoms with van der Waals surface area (Å²) in [6, 6.07) is 16.0. The van der Waals surface area contributed by atoms with Crippen molar-refractivity contribution in [2.75, 3.05) is 16.8 Å². The molecule has 158 valence electrons. The van der Waals surface area contributed by atoms with Crippen molar-refractivity contribution in [2.45, 2.75) is 45.1 Å². The van der Waals surface area contributed by atoms with Gasteiger partial charge in [0, 0.05) is 30.6 Å². The molecule has 1 aromatic heterocycles. The van der Waals surface area contributed by atoms with Crippen LogP contribution in [0.3, 0.4) is 0 Å². The maximum absolute atomic E-state index is 12.8. The number of aryl methyl sites for hydroxylation is 2. The molecule has 2 heterocycles. The molecule has 1 fully saturated rings. The van der Waals surface area contributed by atoms with E-state index in [1.807, 2.05) is 43.0 Å². The summed E-state index contributed by atoms with van der Waals surface area (Å²) >= 11 is 0. The molecule has 1 saturated heterocycles. The number of rotatable bonds is 4. The van der Waals surface area contributed by atoms with Crippen LogP contribution in [0, 0.1) is 13.8 Å². The molecule has 31 heavy (non-hydrogen) atoms. The number of aromatic nitrogens is 2. The second-order valence-electron chi connectivity index (χ2n) is 8.58. The fraction of sp³-hybridized carbons (Fsp3) is 0.320. The quantitative estimate of drug-likeness (QED) is 0.676. The van der Waals surface area contributed by atoms with E-state index in [0.29, 0.717) is 24.6 Å². The topological polar surface area (TPSA) is 78.1 Å². The molecule has 2 N–H and O–H groups in total. The average Bonchev–Trinajstić information content (AvgIpc) is 3.34. The Morgan fingerprint density at radius 2 is 1.94 bits per heavy atom. The second kappa shape index (κ2) is 7.69. The van der Waals surface area contributed by atoms with Crippen molar-refractivity contribution in [3.05, 3.63) is 86.8 Å². The van der Waals surface area contributed by atoms with Crippen LogP contribution >= 0.6 is 0 Å². The van der Waals surface area contributed by atoms with E-state index in [2.05, 4.69) is 28.5 Å². The van der Waals surface area contributed by atoms with E-state index in [1.165, 1.54) is 17.2 Å². The van der Waals surface area contributed by atoms with E-state index >= 15 is 0 Å². The van der Waals surface area contributed by atoms with Crippen LogP contribution in [0.2, 0.25) is 0 Å². The number of benzene rings is 2. The number of carbonyl (C=O) groups is 1. The molecule has 0 spiro atoms. The van der Waals surface area contributed by atoms with Gasteiger partial charge in [-0.15, -0.1) is 0 Å². The van der Waals surface area contributed by atoms with E-state index in [1.54, 1.807) is 0 Å². The Bertz CT molecular complexity index is 1220. The van der Waals surface area contributed by atoms with Gasteiger partial charge < -0.3 is 10.2 Å². The molecule has 1 aliphatic carbocycles. The lowest BCUT2D eigenvalue weighted by molar-refractivity contribution is -0.117. The van der Waals surface area contributed by atoms with Gasteiger partial charge in [0.2, 0.25) is 11.9 Å². The molecule has 0 unspecified atom stereocenters. The minimum atomic E-state index is -0.198. The summed E-state index contributed by atoms with van der Waals surface area (Å²) in [5, 5.41) is 3.41. The van der Waals surface area contributed by atoms with E-state index in [0.717, 1.165) is 29.7 Å². The van der Waals surface area contributed by atoms with Gasteiger partial charge in [-0.25, -0.2) is 4.98 Å². The molecule has 2 aliphatic rings. The number of aromatic amines is 1. The Morgan fingerprint density at radius 3 is 2.81 bits per heavy atom. The van der Waals surface area contributed by atoms with Gasteiger partial charge in [0.05, 0.1) is 11.7 Å². The maximum Gasteiger partial charge on any atom is 0.252 e. The highest BCUT2D eigenvalue weighted by Crippen LogP contribution is 2.35. The van der Waals surface area contributed by atoms with Crippen LogP contribution in [0.5, 0.6) is 0 Å². The molecule has 6 nitrogen and oxygen atoms in total. The van der Waals surface area contributed by atoms with Gasteiger partial charge in [-0.3, -0.25) is 14.6 Å². The fourth-order valence-electron chi connectivity index (χ4n) is 4.79. The number of hydrogen-bond donors (Lipinski definition) is 2. The third-order valence-electron chi connectivity index (χ3n) is 6.62. The van der Waals surface area contributed by atoms with Crippen molar-refractivity contribution >= 4 is 17.5 Å². The summed E-state index contributed by atoms with van der Waals surface area (Å²) < 4.78 is 0. The molecule has 3 aromatic rings. The number of hydrogen-bond acceptors (Lipinski definition) is 4. The van der Waals surface area contributed by atoms with Crippen LogP contribution in [-0.2, 0) is 11.2 Å². The summed E-state index contributed by atoms with van der Waals surface area (Å²) in [6.45, 7) is 4.62. The van der Waals surface area contributed by atoms with Crippen molar-refractivity contribution in [1.29, 1.82) is 0 Å². The first kappa shape index (κ1) is 19.5. The Morgan fingerprint density at radius 1 is 1.10 bits per heavy atom. The lowest BCUT2D eigenvalue weighted by Crippen LogP contribution is -2.25.